The van der Waals surface area contributed by atoms with Crippen LogP contribution in [0, 0.1) is 0 Å². The van der Waals surface area contributed by atoms with Gasteiger partial charge in [0, 0.05) is 11.6 Å². The topological polar surface area (TPSA) is 41.5 Å². The molecule has 0 bridgehead atoms. The minimum absolute atomic E-state index is 0.169. The molecule has 0 aliphatic carbocycles. The van der Waals surface area contributed by atoms with Crippen molar-refractivity contribution in [2.24, 2.45) is 0 Å². The van der Waals surface area contributed by atoms with E-state index in [1.807, 2.05) is 36.4 Å². The third kappa shape index (κ3) is 4.23. The van der Waals surface area contributed by atoms with E-state index >= 15 is 0 Å². The molecule has 0 aromatic heterocycles. The lowest BCUT2D eigenvalue weighted by atomic mass is 9.97. The predicted octanol–water partition coefficient (Wildman–Crippen LogP) is 3.68. The number of hydrogen-bond donors (Lipinski definition) is 2. The lowest BCUT2D eigenvalue weighted by Gasteiger charge is -2.21. The highest BCUT2D eigenvalue weighted by molar-refractivity contribution is 5.37. The molecule has 0 heterocycles. The van der Waals surface area contributed by atoms with Gasteiger partial charge in [-0.05, 0) is 43.1 Å². The van der Waals surface area contributed by atoms with Crippen molar-refractivity contribution < 1.29 is 9.84 Å². The zero-order chi connectivity index (χ0) is 15.1. The molecule has 21 heavy (non-hydrogen) atoms. The maximum atomic E-state index is 9.63. The van der Waals surface area contributed by atoms with Crippen molar-refractivity contribution in [3.63, 3.8) is 0 Å². The van der Waals surface area contributed by atoms with E-state index in [1.54, 1.807) is 13.2 Å². The highest BCUT2D eigenvalue weighted by Gasteiger charge is 2.15. The van der Waals surface area contributed by atoms with E-state index in [4.69, 9.17) is 4.74 Å². The molecule has 3 heteroatoms. The second-order valence-electron chi connectivity index (χ2n) is 5.12. The zero-order valence-corrected chi connectivity index (χ0v) is 12.7. The molecule has 0 aliphatic rings. The van der Waals surface area contributed by atoms with Gasteiger partial charge in [0.05, 0.1) is 7.11 Å². The van der Waals surface area contributed by atoms with Crippen LogP contribution in [0.3, 0.4) is 0 Å². The molecule has 0 spiro atoms. The molecule has 0 saturated carbocycles. The lowest BCUT2D eigenvalue weighted by molar-refractivity contribution is 0.398. The molecule has 112 valence electrons. The van der Waals surface area contributed by atoms with E-state index in [0.717, 1.165) is 36.3 Å². The highest BCUT2D eigenvalue weighted by atomic mass is 16.5. The van der Waals surface area contributed by atoms with Crippen molar-refractivity contribution in [2.45, 2.75) is 25.8 Å². The van der Waals surface area contributed by atoms with Crippen LogP contribution in [0.1, 0.15) is 30.5 Å². The molecule has 2 N–H and O–H groups in total. The van der Waals surface area contributed by atoms with Crippen molar-refractivity contribution in [1.29, 1.82) is 0 Å². The summed E-state index contributed by atoms with van der Waals surface area (Å²) in [6.07, 6.45) is 1.89. The molecule has 0 radical (unpaired) electrons. The minimum atomic E-state index is 0.169. The molecular weight excluding hydrogens is 262 g/mol. The number of hydrogen-bond acceptors (Lipinski definition) is 3. The van der Waals surface area contributed by atoms with Crippen LogP contribution in [-0.4, -0.2) is 18.8 Å². The monoisotopic (exact) mass is 285 g/mol. The molecule has 1 atom stereocenters. The first-order chi connectivity index (χ1) is 10.2. The predicted molar refractivity (Wildman–Crippen MR) is 85.8 cm³/mol. The van der Waals surface area contributed by atoms with E-state index in [2.05, 4.69) is 18.3 Å². The first-order valence-electron chi connectivity index (χ1n) is 7.38. The van der Waals surface area contributed by atoms with Gasteiger partial charge in [-0.3, -0.25) is 0 Å². The third-order valence-corrected chi connectivity index (χ3v) is 3.51. The lowest BCUT2D eigenvalue weighted by Crippen LogP contribution is -2.24. The van der Waals surface area contributed by atoms with Crippen LogP contribution >= 0.6 is 0 Å². The Balaban J connectivity index is 2.25. The summed E-state index contributed by atoms with van der Waals surface area (Å²) in [6.45, 7) is 3.10. The third-order valence-electron chi connectivity index (χ3n) is 3.51. The summed E-state index contributed by atoms with van der Waals surface area (Å²) in [6, 6.07) is 15.7. The number of nitrogens with one attached hydrogen (secondary N) is 1. The molecule has 0 amide bonds. The fourth-order valence-corrected chi connectivity index (χ4v) is 2.48. The Bertz CT molecular complexity index is 569. The van der Waals surface area contributed by atoms with Crippen LogP contribution in [0.25, 0.3) is 0 Å². The minimum Gasteiger partial charge on any atom is -0.508 e. The van der Waals surface area contributed by atoms with Crippen molar-refractivity contribution >= 4 is 0 Å². The van der Waals surface area contributed by atoms with Crippen LogP contribution in [0.15, 0.2) is 48.5 Å². The molecule has 0 fully saturated rings. The van der Waals surface area contributed by atoms with Crippen LogP contribution in [0.2, 0.25) is 0 Å². The quantitative estimate of drug-likeness (QED) is 0.815. The van der Waals surface area contributed by atoms with Crippen molar-refractivity contribution in [3.05, 3.63) is 59.7 Å². The van der Waals surface area contributed by atoms with E-state index in [0.29, 0.717) is 5.75 Å². The van der Waals surface area contributed by atoms with Crippen LogP contribution in [0.5, 0.6) is 11.5 Å². The number of ether oxygens (including phenoxy) is 1. The van der Waals surface area contributed by atoms with Gasteiger partial charge in [-0.25, -0.2) is 0 Å². The average Bonchev–Trinajstić information content (AvgIpc) is 2.51. The number of benzene rings is 2. The Morgan fingerprint density at radius 2 is 1.95 bits per heavy atom. The molecule has 0 saturated heterocycles. The van der Waals surface area contributed by atoms with E-state index < -0.39 is 0 Å². The standard InChI is InChI=1S/C18H23NO2/c1-3-11-19-17(13-14-7-6-8-15(20)12-14)16-9-4-5-10-18(16)21-2/h4-10,12,17,19-20H,3,11,13H2,1-2H3. The van der Waals surface area contributed by atoms with Crippen LogP contribution in [0.4, 0.5) is 0 Å². The summed E-state index contributed by atoms with van der Waals surface area (Å²) in [4.78, 5) is 0. The molecule has 1 unspecified atom stereocenters. The number of methoxy groups -OCH3 is 1. The van der Waals surface area contributed by atoms with E-state index in [9.17, 15) is 5.11 Å². The van der Waals surface area contributed by atoms with Crippen molar-refractivity contribution in [1.82, 2.24) is 5.32 Å². The van der Waals surface area contributed by atoms with Gasteiger partial charge in [0.15, 0.2) is 0 Å². The number of para-hydroxylation sites is 1. The summed E-state index contributed by atoms with van der Waals surface area (Å²) in [5.41, 5.74) is 2.26. The normalized spacial score (nSPS) is 12.1. The van der Waals surface area contributed by atoms with Crippen LogP contribution < -0.4 is 10.1 Å². The van der Waals surface area contributed by atoms with Gasteiger partial charge in [-0.1, -0.05) is 37.3 Å². The van der Waals surface area contributed by atoms with Crippen molar-refractivity contribution in [2.75, 3.05) is 13.7 Å². The number of phenolic OH excluding ortho intramolecular Hbond substituents is 1. The molecule has 0 aliphatic heterocycles. The zero-order valence-electron chi connectivity index (χ0n) is 12.7. The Labute approximate surface area is 126 Å². The largest absolute Gasteiger partial charge is 0.508 e. The van der Waals surface area contributed by atoms with Crippen molar-refractivity contribution in [3.8, 4) is 11.5 Å². The molecule has 2 aromatic rings. The summed E-state index contributed by atoms with van der Waals surface area (Å²) >= 11 is 0. The summed E-state index contributed by atoms with van der Waals surface area (Å²) in [5.74, 6) is 1.20. The summed E-state index contributed by atoms with van der Waals surface area (Å²) in [5, 5.41) is 13.2. The van der Waals surface area contributed by atoms with Gasteiger partial charge in [-0.2, -0.15) is 0 Å². The fraction of sp³-hybridized carbons (Fsp3) is 0.333. The summed E-state index contributed by atoms with van der Waals surface area (Å²) < 4.78 is 5.48. The van der Waals surface area contributed by atoms with Gasteiger partial charge >= 0.3 is 0 Å². The molecule has 2 rings (SSSR count). The Morgan fingerprint density at radius 3 is 2.67 bits per heavy atom. The second kappa shape index (κ2) is 7.70. The molecule has 2 aromatic carbocycles. The van der Waals surface area contributed by atoms with Crippen LogP contribution in [-0.2, 0) is 6.42 Å². The van der Waals surface area contributed by atoms with Gasteiger partial charge in [-0.15, -0.1) is 0 Å². The van der Waals surface area contributed by atoms with E-state index in [-0.39, 0.29) is 6.04 Å². The van der Waals surface area contributed by atoms with Gasteiger partial charge < -0.3 is 15.2 Å². The number of aromatic hydroxyl groups is 1. The Hall–Kier alpha value is -2.00. The first kappa shape index (κ1) is 15.4. The molecular formula is C18H23NO2. The average molecular weight is 285 g/mol. The summed E-state index contributed by atoms with van der Waals surface area (Å²) in [7, 11) is 1.70. The Kier molecular flexibility index (Phi) is 5.64. The first-order valence-corrected chi connectivity index (χ1v) is 7.38. The van der Waals surface area contributed by atoms with Gasteiger partial charge in [0.2, 0.25) is 0 Å². The smallest absolute Gasteiger partial charge is 0.123 e. The fourth-order valence-electron chi connectivity index (χ4n) is 2.48. The number of rotatable bonds is 7. The second-order valence-corrected chi connectivity index (χ2v) is 5.12. The maximum absolute atomic E-state index is 9.63. The number of phenols is 1. The maximum Gasteiger partial charge on any atom is 0.123 e. The highest BCUT2D eigenvalue weighted by Crippen LogP contribution is 2.28. The molecule has 3 nitrogen and oxygen atoms in total. The SMILES string of the molecule is CCCNC(Cc1cccc(O)c1)c1ccccc1OC. The van der Waals surface area contributed by atoms with Gasteiger partial charge in [0.1, 0.15) is 11.5 Å². The van der Waals surface area contributed by atoms with E-state index in [1.165, 1.54) is 0 Å². The van der Waals surface area contributed by atoms with Gasteiger partial charge in [0.25, 0.3) is 0 Å². The Morgan fingerprint density at radius 1 is 1.14 bits per heavy atom.